The summed E-state index contributed by atoms with van der Waals surface area (Å²) in [4.78, 5) is 6.60. The molecule has 1 aromatic rings. The van der Waals surface area contributed by atoms with Crippen molar-refractivity contribution in [2.45, 2.75) is 20.3 Å². The zero-order chi connectivity index (χ0) is 13.1. The van der Waals surface area contributed by atoms with Crippen molar-refractivity contribution in [3.63, 3.8) is 0 Å². The molecule has 0 radical (unpaired) electrons. The zero-order valence-electron chi connectivity index (χ0n) is 10.9. The van der Waals surface area contributed by atoms with Gasteiger partial charge in [-0.1, -0.05) is 19.0 Å². The van der Waals surface area contributed by atoms with Crippen molar-refractivity contribution in [3.05, 3.63) is 23.9 Å². The van der Waals surface area contributed by atoms with Crippen molar-refractivity contribution >= 4 is 11.7 Å². The molecule has 1 aromatic heterocycles. The lowest BCUT2D eigenvalue weighted by molar-refractivity contribution is 0.318. The molecule has 0 bridgehead atoms. The minimum atomic E-state index is 0.117. The van der Waals surface area contributed by atoms with E-state index in [-0.39, 0.29) is 5.84 Å². The summed E-state index contributed by atoms with van der Waals surface area (Å²) in [6.07, 6.45) is 2.91. The highest BCUT2D eigenvalue weighted by Gasteiger charge is 2.27. The molecule has 0 saturated carbocycles. The van der Waals surface area contributed by atoms with E-state index in [1.54, 1.807) is 12.3 Å². The normalized spacial score (nSPS) is 20.7. The van der Waals surface area contributed by atoms with Crippen LogP contribution in [0.2, 0.25) is 0 Å². The topological polar surface area (TPSA) is 74.7 Å². The van der Waals surface area contributed by atoms with Gasteiger partial charge in [-0.3, -0.25) is 0 Å². The van der Waals surface area contributed by atoms with Crippen molar-refractivity contribution in [1.29, 1.82) is 0 Å². The van der Waals surface area contributed by atoms with Gasteiger partial charge in [-0.2, -0.15) is 0 Å². The van der Waals surface area contributed by atoms with Crippen molar-refractivity contribution in [1.82, 2.24) is 4.98 Å². The smallest absolute Gasteiger partial charge is 0.173 e. The molecule has 2 heterocycles. The number of hydrogen-bond donors (Lipinski definition) is 2. The van der Waals surface area contributed by atoms with E-state index in [0.29, 0.717) is 17.4 Å². The quantitative estimate of drug-likeness (QED) is 0.369. The predicted molar refractivity (Wildman–Crippen MR) is 71.9 cm³/mol. The summed E-state index contributed by atoms with van der Waals surface area (Å²) >= 11 is 0. The average Bonchev–Trinajstić information content (AvgIpc) is 2.87. The molecular weight excluding hydrogens is 228 g/mol. The van der Waals surface area contributed by atoms with Crippen LogP contribution in [0.3, 0.4) is 0 Å². The molecule has 2 rings (SSSR count). The standard InChI is InChI=1S/C13H20N4O/c1-9(2)10-5-7-17(8-10)13-11(12(14)16-18)4-3-6-15-13/h3-4,6,9-10,18H,5,7-8H2,1-2H3,(H2,14,16). The second-order valence-corrected chi connectivity index (χ2v) is 5.10. The largest absolute Gasteiger partial charge is 0.409 e. The molecule has 0 amide bonds. The van der Waals surface area contributed by atoms with Gasteiger partial charge in [0.2, 0.25) is 0 Å². The molecule has 0 spiro atoms. The van der Waals surface area contributed by atoms with Crippen LogP contribution in [0.1, 0.15) is 25.8 Å². The molecule has 1 saturated heterocycles. The summed E-state index contributed by atoms with van der Waals surface area (Å²) in [7, 11) is 0. The molecule has 98 valence electrons. The first kappa shape index (κ1) is 12.7. The van der Waals surface area contributed by atoms with Crippen LogP contribution in [0.25, 0.3) is 0 Å². The van der Waals surface area contributed by atoms with Crippen LogP contribution >= 0.6 is 0 Å². The van der Waals surface area contributed by atoms with Gasteiger partial charge >= 0.3 is 0 Å². The Morgan fingerprint density at radius 2 is 2.39 bits per heavy atom. The van der Waals surface area contributed by atoms with E-state index in [2.05, 4.69) is 28.9 Å². The molecule has 1 unspecified atom stereocenters. The lowest BCUT2D eigenvalue weighted by atomic mass is 9.95. The molecule has 3 N–H and O–H groups in total. The Hall–Kier alpha value is -1.78. The number of nitrogens with zero attached hydrogens (tertiary/aromatic N) is 3. The number of oxime groups is 1. The van der Waals surface area contributed by atoms with Crippen molar-refractivity contribution in [3.8, 4) is 0 Å². The highest BCUT2D eigenvalue weighted by atomic mass is 16.4. The van der Waals surface area contributed by atoms with E-state index in [1.165, 1.54) is 6.42 Å². The highest BCUT2D eigenvalue weighted by molar-refractivity contribution is 6.01. The van der Waals surface area contributed by atoms with Crippen LogP contribution in [0.5, 0.6) is 0 Å². The maximum atomic E-state index is 8.81. The number of rotatable bonds is 3. The zero-order valence-corrected chi connectivity index (χ0v) is 10.9. The number of aromatic nitrogens is 1. The van der Waals surface area contributed by atoms with Crippen LogP contribution in [0.4, 0.5) is 5.82 Å². The number of nitrogens with two attached hydrogens (primary N) is 1. The molecule has 1 fully saturated rings. The summed E-state index contributed by atoms with van der Waals surface area (Å²) in [5.74, 6) is 2.29. The molecule has 0 aromatic carbocycles. The summed E-state index contributed by atoms with van der Waals surface area (Å²) in [6.45, 7) is 6.46. The average molecular weight is 248 g/mol. The minimum absolute atomic E-state index is 0.117. The fourth-order valence-corrected chi connectivity index (χ4v) is 2.43. The molecular formula is C13H20N4O. The monoisotopic (exact) mass is 248 g/mol. The molecule has 1 aliphatic rings. The van der Waals surface area contributed by atoms with Crippen molar-refractivity contribution in [2.75, 3.05) is 18.0 Å². The van der Waals surface area contributed by atoms with E-state index in [0.717, 1.165) is 18.9 Å². The van der Waals surface area contributed by atoms with Crippen LogP contribution in [-0.4, -0.2) is 29.1 Å². The Bertz CT molecular complexity index is 444. The van der Waals surface area contributed by atoms with Gasteiger partial charge in [0.25, 0.3) is 0 Å². The second-order valence-electron chi connectivity index (χ2n) is 5.10. The van der Waals surface area contributed by atoms with Crippen LogP contribution in [0.15, 0.2) is 23.5 Å². The third-order valence-corrected chi connectivity index (χ3v) is 3.64. The maximum Gasteiger partial charge on any atom is 0.173 e. The molecule has 1 aliphatic heterocycles. The van der Waals surface area contributed by atoms with E-state index in [4.69, 9.17) is 10.9 Å². The van der Waals surface area contributed by atoms with Crippen molar-refractivity contribution < 1.29 is 5.21 Å². The lowest BCUT2D eigenvalue weighted by Crippen LogP contribution is -2.26. The van der Waals surface area contributed by atoms with E-state index in [9.17, 15) is 0 Å². The number of hydrogen-bond acceptors (Lipinski definition) is 4. The third kappa shape index (κ3) is 2.39. The Morgan fingerprint density at radius 3 is 3.00 bits per heavy atom. The van der Waals surface area contributed by atoms with Crippen molar-refractivity contribution in [2.24, 2.45) is 22.7 Å². The Balaban J connectivity index is 2.25. The predicted octanol–water partition coefficient (Wildman–Crippen LogP) is 1.66. The first-order valence-electron chi connectivity index (χ1n) is 6.31. The van der Waals surface area contributed by atoms with Gasteiger partial charge in [-0.05, 0) is 30.4 Å². The second kappa shape index (κ2) is 5.25. The Morgan fingerprint density at radius 1 is 1.61 bits per heavy atom. The summed E-state index contributed by atoms with van der Waals surface area (Å²) in [5, 5.41) is 11.9. The number of anilines is 1. The van der Waals surface area contributed by atoms with E-state index >= 15 is 0 Å². The van der Waals surface area contributed by atoms with Crippen LogP contribution in [-0.2, 0) is 0 Å². The summed E-state index contributed by atoms with van der Waals surface area (Å²) in [5.41, 5.74) is 6.39. The van der Waals surface area contributed by atoms with Crippen LogP contribution in [0, 0.1) is 11.8 Å². The molecule has 1 atom stereocenters. The number of amidine groups is 1. The third-order valence-electron chi connectivity index (χ3n) is 3.64. The van der Waals surface area contributed by atoms with Gasteiger partial charge in [-0.25, -0.2) is 4.98 Å². The molecule has 0 aliphatic carbocycles. The van der Waals surface area contributed by atoms with Gasteiger partial charge in [0, 0.05) is 19.3 Å². The van der Waals surface area contributed by atoms with Gasteiger partial charge in [0.15, 0.2) is 5.84 Å². The molecule has 5 nitrogen and oxygen atoms in total. The maximum absolute atomic E-state index is 8.81. The van der Waals surface area contributed by atoms with Gasteiger partial charge < -0.3 is 15.8 Å². The Labute approximate surface area is 107 Å². The lowest BCUT2D eigenvalue weighted by Gasteiger charge is -2.21. The molecule has 18 heavy (non-hydrogen) atoms. The fraction of sp³-hybridized carbons (Fsp3) is 0.538. The van der Waals surface area contributed by atoms with Gasteiger partial charge in [0.05, 0.1) is 5.56 Å². The van der Waals surface area contributed by atoms with E-state index < -0.39 is 0 Å². The number of pyridine rings is 1. The van der Waals surface area contributed by atoms with Gasteiger partial charge in [0.1, 0.15) is 5.82 Å². The first-order valence-corrected chi connectivity index (χ1v) is 6.31. The van der Waals surface area contributed by atoms with Crippen LogP contribution < -0.4 is 10.6 Å². The molecule has 5 heteroatoms. The minimum Gasteiger partial charge on any atom is -0.409 e. The summed E-state index contributed by atoms with van der Waals surface area (Å²) in [6, 6.07) is 3.63. The fourth-order valence-electron chi connectivity index (χ4n) is 2.43. The summed E-state index contributed by atoms with van der Waals surface area (Å²) < 4.78 is 0. The van der Waals surface area contributed by atoms with Gasteiger partial charge in [-0.15, -0.1) is 0 Å². The van der Waals surface area contributed by atoms with E-state index in [1.807, 2.05) is 6.07 Å². The SMILES string of the molecule is CC(C)C1CCN(c2ncccc2/C(N)=N/O)C1. The first-order chi connectivity index (χ1) is 8.63. The Kier molecular flexibility index (Phi) is 3.69. The highest BCUT2D eigenvalue weighted by Crippen LogP contribution is 2.28.